The van der Waals surface area contributed by atoms with E-state index in [1.54, 1.807) is 17.8 Å². The summed E-state index contributed by atoms with van der Waals surface area (Å²) in [7, 11) is -3.86. The van der Waals surface area contributed by atoms with Crippen molar-refractivity contribution in [1.82, 2.24) is 9.62 Å². The molecule has 8 heteroatoms. The fourth-order valence-electron chi connectivity index (χ4n) is 4.39. The van der Waals surface area contributed by atoms with Gasteiger partial charge in [0.25, 0.3) is 5.91 Å². The van der Waals surface area contributed by atoms with Gasteiger partial charge in [0.15, 0.2) is 0 Å². The number of carbonyl (C=O) groups excluding carboxylic acids is 1. The molecule has 0 saturated heterocycles. The second-order valence-electron chi connectivity index (χ2n) is 8.20. The molecule has 2 aliphatic heterocycles. The van der Waals surface area contributed by atoms with E-state index in [4.69, 9.17) is 11.6 Å². The first-order valence-corrected chi connectivity index (χ1v) is 13.6. The van der Waals surface area contributed by atoms with Crippen molar-refractivity contribution in [3.8, 4) is 0 Å². The number of fused-ring (bicyclic) bond motifs is 2. The number of carbonyl (C=O) groups is 1. The molecule has 0 aromatic heterocycles. The van der Waals surface area contributed by atoms with E-state index in [9.17, 15) is 13.2 Å². The summed E-state index contributed by atoms with van der Waals surface area (Å²) in [5, 5.41) is 3.19. The van der Waals surface area contributed by atoms with Crippen LogP contribution in [0.25, 0.3) is 0 Å². The molecule has 0 fully saturated rings. The third-order valence-electron chi connectivity index (χ3n) is 6.17. The Morgan fingerprint density at radius 1 is 1.03 bits per heavy atom. The van der Waals surface area contributed by atoms with E-state index in [2.05, 4.69) is 11.4 Å². The number of nitrogens with zero attached hydrogens (tertiary/aromatic N) is 1. The van der Waals surface area contributed by atoms with Crippen molar-refractivity contribution in [2.24, 2.45) is 0 Å². The number of sulfonamides is 1. The largest absolute Gasteiger partial charge is 0.345 e. The summed E-state index contributed by atoms with van der Waals surface area (Å²) >= 11 is 8.10. The molecular weight excluding hydrogens is 476 g/mol. The molecular formula is C25H23ClN2O3S2. The molecule has 33 heavy (non-hydrogen) atoms. The van der Waals surface area contributed by atoms with Gasteiger partial charge in [-0.15, -0.1) is 11.8 Å². The lowest BCUT2D eigenvalue weighted by molar-refractivity contribution is 0.0934. The summed E-state index contributed by atoms with van der Waals surface area (Å²) in [6.07, 6.45) is 1.46. The molecule has 3 aromatic rings. The molecule has 1 unspecified atom stereocenters. The smallest absolute Gasteiger partial charge is 0.251 e. The monoisotopic (exact) mass is 498 g/mol. The van der Waals surface area contributed by atoms with Crippen LogP contribution in [0, 0.1) is 0 Å². The molecule has 0 bridgehead atoms. The zero-order valence-electron chi connectivity index (χ0n) is 17.8. The quantitative estimate of drug-likeness (QED) is 0.546. The maximum atomic E-state index is 13.5. The molecule has 0 saturated carbocycles. The number of hydrogen-bond acceptors (Lipinski definition) is 4. The van der Waals surface area contributed by atoms with Crippen LogP contribution in [0.5, 0.6) is 0 Å². The number of halogens is 1. The summed E-state index contributed by atoms with van der Waals surface area (Å²) in [6, 6.07) is 20.3. The van der Waals surface area contributed by atoms with Gasteiger partial charge < -0.3 is 5.32 Å². The summed E-state index contributed by atoms with van der Waals surface area (Å²) < 4.78 is 28.3. The van der Waals surface area contributed by atoms with E-state index >= 15 is 0 Å². The molecule has 0 radical (unpaired) electrons. The van der Waals surface area contributed by atoms with Crippen LogP contribution in [0.2, 0.25) is 5.02 Å². The van der Waals surface area contributed by atoms with Crippen molar-refractivity contribution in [2.75, 3.05) is 12.3 Å². The maximum Gasteiger partial charge on any atom is 0.251 e. The van der Waals surface area contributed by atoms with E-state index < -0.39 is 10.0 Å². The average Bonchev–Trinajstić information content (AvgIpc) is 2.84. The van der Waals surface area contributed by atoms with E-state index in [1.165, 1.54) is 21.3 Å². The van der Waals surface area contributed by atoms with Gasteiger partial charge >= 0.3 is 0 Å². The lowest BCUT2D eigenvalue weighted by Crippen LogP contribution is -2.36. The van der Waals surface area contributed by atoms with Crippen LogP contribution in [-0.2, 0) is 23.0 Å². The zero-order chi connectivity index (χ0) is 23.0. The minimum Gasteiger partial charge on any atom is -0.345 e. The molecule has 3 aromatic carbocycles. The number of benzene rings is 3. The third-order valence-corrected chi connectivity index (χ3v) is 9.62. The van der Waals surface area contributed by atoms with Crippen molar-refractivity contribution < 1.29 is 13.2 Å². The van der Waals surface area contributed by atoms with E-state index in [0.29, 0.717) is 19.5 Å². The molecule has 0 aliphatic carbocycles. The molecule has 2 heterocycles. The van der Waals surface area contributed by atoms with Gasteiger partial charge in [-0.2, -0.15) is 4.31 Å². The summed E-state index contributed by atoms with van der Waals surface area (Å²) in [5.74, 6) is 0.609. The van der Waals surface area contributed by atoms with E-state index in [-0.39, 0.29) is 27.4 Å². The normalized spacial score (nSPS) is 18.3. The highest BCUT2D eigenvalue weighted by atomic mass is 35.5. The van der Waals surface area contributed by atoms with Gasteiger partial charge in [0.05, 0.1) is 11.1 Å². The summed E-state index contributed by atoms with van der Waals surface area (Å²) in [4.78, 5) is 14.2. The molecule has 170 valence electrons. The van der Waals surface area contributed by atoms with Crippen molar-refractivity contribution in [3.63, 3.8) is 0 Å². The third kappa shape index (κ3) is 4.43. The van der Waals surface area contributed by atoms with Gasteiger partial charge in [0.2, 0.25) is 10.0 Å². The molecule has 1 atom stereocenters. The van der Waals surface area contributed by atoms with Gasteiger partial charge in [-0.25, -0.2) is 8.42 Å². The van der Waals surface area contributed by atoms with Gasteiger partial charge in [-0.1, -0.05) is 54.1 Å². The van der Waals surface area contributed by atoms with Crippen LogP contribution in [0.3, 0.4) is 0 Å². The lowest BCUT2D eigenvalue weighted by Gasteiger charge is -2.28. The predicted molar refractivity (Wildman–Crippen MR) is 131 cm³/mol. The van der Waals surface area contributed by atoms with E-state index in [0.717, 1.165) is 28.9 Å². The number of thioether (sulfide) groups is 1. The van der Waals surface area contributed by atoms with Crippen LogP contribution >= 0.6 is 23.4 Å². The minimum atomic E-state index is -3.86. The van der Waals surface area contributed by atoms with Crippen LogP contribution in [0.15, 0.2) is 76.5 Å². The Morgan fingerprint density at radius 3 is 2.64 bits per heavy atom. The minimum absolute atomic E-state index is 0.0317. The van der Waals surface area contributed by atoms with Crippen molar-refractivity contribution in [1.29, 1.82) is 0 Å². The maximum absolute atomic E-state index is 13.5. The van der Waals surface area contributed by atoms with Crippen LogP contribution < -0.4 is 5.32 Å². The van der Waals surface area contributed by atoms with Crippen LogP contribution in [-0.4, -0.2) is 30.9 Å². The Labute approximate surface area is 203 Å². The Kier molecular flexibility index (Phi) is 6.22. The SMILES string of the molecule is O=C(NC1CCSc2ccccc21)c1ccc(Cl)c(S(=O)(=O)N2CCc3ccccc3C2)c1. The van der Waals surface area contributed by atoms with Crippen LogP contribution in [0.4, 0.5) is 0 Å². The molecule has 1 N–H and O–H groups in total. The topological polar surface area (TPSA) is 66.5 Å². The number of nitrogens with one attached hydrogen (secondary N) is 1. The molecule has 0 spiro atoms. The molecule has 5 nitrogen and oxygen atoms in total. The number of hydrogen-bond donors (Lipinski definition) is 1. The summed E-state index contributed by atoms with van der Waals surface area (Å²) in [6.45, 7) is 0.671. The second kappa shape index (κ2) is 9.14. The van der Waals surface area contributed by atoms with Gasteiger partial charge in [0.1, 0.15) is 4.90 Å². The average molecular weight is 499 g/mol. The highest BCUT2D eigenvalue weighted by Crippen LogP contribution is 2.36. The predicted octanol–water partition coefficient (Wildman–Crippen LogP) is 5.05. The van der Waals surface area contributed by atoms with Crippen molar-refractivity contribution in [2.45, 2.75) is 35.2 Å². The van der Waals surface area contributed by atoms with Gasteiger partial charge in [0, 0.05) is 29.3 Å². The van der Waals surface area contributed by atoms with Gasteiger partial charge in [-0.3, -0.25) is 4.79 Å². The van der Waals surface area contributed by atoms with Gasteiger partial charge in [-0.05, 0) is 53.8 Å². The molecule has 5 rings (SSSR count). The zero-order valence-corrected chi connectivity index (χ0v) is 20.2. The summed E-state index contributed by atoms with van der Waals surface area (Å²) in [5.41, 5.74) is 3.53. The first kappa shape index (κ1) is 22.5. The highest BCUT2D eigenvalue weighted by Gasteiger charge is 2.31. The van der Waals surface area contributed by atoms with Crippen LogP contribution in [0.1, 0.15) is 39.5 Å². The Bertz CT molecular complexity index is 1330. The standard InChI is InChI=1S/C25H23ClN2O3S2/c26-21-10-9-18(25(29)27-22-12-14-32-23-8-4-3-7-20(22)23)15-24(21)33(30,31)28-13-11-17-5-1-2-6-19(17)16-28/h1-10,15,22H,11-14,16H2,(H,27,29). The Balaban J connectivity index is 1.40. The lowest BCUT2D eigenvalue weighted by atomic mass is 10.0. The number of amides is 1. The number of rotatable bonds is 4. The highest BCUT2D eigenvalue weighted by molar-refractivity contribution is 7.99. The van der Waals surface area contributed by atoms with Crippen molar-refractivity contribution in [3.05, 3.63) is 94.0 Å². The van der Waals surface area contributed by atoms with Crippen molar-refractivity contribution >= 4 is 39.3 Å². The molecule has 2 aliphatic rings. The van der Waals surface area contributed by atoms with E-state index in [1.807, 2.05) is 42.5 Å². The first-order valence-electron chi connectivity index (χ1n) is 10.8. The Hall–Kier alpha value is -2.32. The Morgan fingerprint density at radius 2 is 1.79 bits per heavy atom. The second-order valence-corrected chi connectivity index (χ2v) is 11.7. The fraction of sp³-hybridized carbons (Fsp3) is 0.240. The first-order chi connectivity index (χ1) is 15.9. The fourth-order valence-corrected chi connectivity index (χ4v) is 7.43. The molecule has 1 amide bonds.